The second kappa shape index (κ2) is 6.05. The van der Waals surface area contributed by atoms with Gasteiger partial charge in [-0.2, -0.15) is 0 Å². The molecule has 1 saturated heterocycles. The largest absolute Gasteiger partial charge is 0.326 e. The Balaban J connectivity index is 2.14. The molecule has 1 aliphatic heterocycles. The smallest absolute Gasteiger partial charge is 0.0409 e. The summed E-state index contributed by atoms with van der Waals surface area (Å²) in [6.07, 6.45) is 2.29. The molecule has 0 saturated carbocycles. The van der Waals surface area contributed by atoms with Crippen molar-refractivity contribution < 1.29 is 0 Å². The SMILES string of the molecule is CCC(c1cccc(Cl)c1)N1CCC(C)C(N)C1. The number of likely N-dealkylation sites (tertiary alicyclic amines) is 1. The lowest BCUT2D eigenvalue weighted by Gasteiger charge is -2.40. The molecule has 1 aromatic carbocycles. The monoisotopic (exact) mass is 266 g/mol. The molecule has 0 bridgehead atoms. The van der Waals surface area contributed by atoms with Gasteiger partial charge in [-0.3, -0.25) is 4.90 Å². The van der Waals surface area contributed by atoms with Crippen molar-refractivity contribution in [2.24, 2.45) is 11.7 Å². The number of rotatable bonds is 3. The average Bonchev–Trinajstić information content (AvgIpc) is 2.35. The second-order valence-corrected chi connectivity index (χ2v) is 5.84. The minimum absolute atomic E-state index is 0.298. The topological polar surface area (TPSA) is 29.3 Å². The maximum atomic E-state index is 6.20. The first-order chi connectivity index (χ1) is 8.61. The predicted molar refractivity (Wildman–Crippen MR) is 77.8 cm³/mol. The molecule has 2 N–H and O–H groups in total. The van der Waals surface area contributed by atoms with E-state index in [0.29, 0.717) is 18.0 Å². The van der Waals surface area contributed by atoms with Crippen LogP contribution in [0.1, 0.15) is 38.3 Å². The van der Waals surface area contributed by atoms with Gasteiger partial charge in [-0.15, -0.1) is 0 Å². The summed E-state index contributed by atoms with van der Waals surface area (Å²) < 4.78 is 0. The highest BCUT2D eigenvalue weighted by molar-refractivity contribution is 6.30. The van der Waals surface area contributed by atoms with Crippen molar-refractivity contribution in [1.29, 1.82) is 0 Å². The Morgan fingerprint density at radius 1 is 1.50 bits per heavy atom. The van der Waals surface area contributed by atoms with Crippen LogP contribution in [-0.4, -0.2) is 24.0 Å². The van der Waals surface area contributed by atoms with Gasteiger partial charge < -0.3 is 5.73 Å². The molecule has 0 aliphatic carbocycles. The maximum Gasteiger partial charge on any atom is 0.0409 e. The fourth-order valence-corrected chi connectivity index (χ4v) is 3.03. The van der Waals surface area contributed by atoms with Crippen LogP contribution >= 0.6 is 11.6 Å². The van der Waals surface area contributed by atoms with Crippen LogP contribution in [0.25, 0.3) is 0 Å². The lowest BCUT2D eigenvalue weighted by molar-refractivity contribution is 0.117. The quantitative estimate of drug-likeness (QED) is 0.908. The van der Waals surface area contributed by atoms with Crippen molar-refractivity contribution in [3.05, 3.63) is 34.9 Å². The number of benzene rings is 1. The standard InChI is InChI=1S/C15H23ClN2/c1-3-15(12-5-4-6-13(16)9-12)18-8-7-11(2)14(17)10-18/h4-6,9,11,14-15H,3,7-8,10,17H2,1-2H3. The number of piperidine rings is 1. The molecule has 1 heterocycles. The molecule has 3 heteroatoms. The molecular weight excluding hydrogens is 244 g/mol. The molecule has 0 spiro atoms. The van der Waals surface area contributed by atoms with E-state index in [-0.39, 0.29) is 0 Å². The molecule has 3 atom stereocenters. The van der Waals surface area contributed by atoms with E-state index in [9.17, 15) is 0 Å². The van der Waals surface area contributed by atoms with Crippen molar-refractivity contribution in [2.75, 3.05) is 13.1 Å². The van der Waals surface area contributed by atoms with Crippen molar-refractivity contribution in [1.82, 2.24) is 4.90 Å². The zero-order valence-electron chi connectivity index (χ0n) is 11.3. The summed E-state index contributed by atoms with van der Waals surface area (Å²) in [5.74, 6) is 0.637. The van der Waals surface area contributed by atoms with Gasteiger partial charge in [0.05, 0.1) is 0 Å². The summed E-state index contributed by atoms with van der Waals surface area (Å²) in [5, 5.41) is 0.820. The van der Waals surface area contributed by atoms with E-state index in [2.05, 4.69) is 30.9 Å². The average molecular weight is 267 g/mol. The lowest BCUT2D eigenvalue weighted by atomic mass is 9.91. The zero-order chi connectivity index (χ0) is 13.1. The van der Waals surface area contributed by atoms with Gasteiger partial charge in [0.15, 0.2) is 0 Å². The van der Waals surface area contributed by atoms with Gasteiger partial charge in [0, 0.05) is 23.7 Å². The van der Waals surface area contributed by atoms with Gasteiger partial charge in [0.25, 0.3) is 0 Å². The first-order valence-corrected chi connectivity index (χ1v) is 7.24. The number of hydrogen-bond donors (Lipinski definition) is 1. The van der Waals surface area contributed by atoms with Crippen molar-refractivity contribution >= 4 is 11.6 Å². The van der Waals surface area contributed by atoms with E-state index >= 15 is 0 Å². The first kappa shape index (κ1) is 13.9. The van der Waals surface area contributed by atoms with Crippen molar-refractivity contribution in [2.45, 2.75) is 38.8 Å². The summed E-state index contributed by atoms with van der Waals surface area (Å²) in [4.78, 5) is 2.51. The fraction of sp³-hybridized carbons (Fsp3) is 0.600. The Labute approximate surface area is 115 Å². The number of nitrogens with zero attached hydrogens (tertiary/aromatic N) is 1. The molecule has 100 valence electrons. The minimum Gasteiger partial charge on any atom is -0.326 e. The maximum absolute atomic E-state index is 6.20. The lowest BCUT2D eigenvalue weighted by Crippen LogP contribution is -2.48. The van der Waals surface area contributed by atoms with Crippen LogP contribution in [0.5, 0.6) is 0 Å². The van der Waals surface area contributed by atoms with Gasteiger partial charge in [0.2, 0.25) is 0 Å². The summed E-state index contributed by atoms with van der Waals surface area (Å²) in [5.41, 5.74) is 7.51. The van der Waals surface area contributed by atoms with Gasteiger partial charge in [0.1, 0.15) is 0 Å². The van der Waals surface area contributed by atoms with Crippen LogP contribution in [-0.2, 0) is 0 Å². The summed E-state index contributed by atoms with van der Waals surface area (Å²) >= 11 is 6.09. The molecular formula is C15H23ClN2. The predicted octanol–water partition coefficient (Wildman–Crippen LogP) is 3.46. The summed E-state index contributed by atoms with van der Waals surface area (Å²) in [6, 6.07) is 8.96. The van der Waals surface area contributed by atoms with Crippen LogP contribution in [0.15, 0.2) is 24.3 Å². The highest BCUT2D eigenvalue weighted by Gasteiger charge is 2.28. The van der Waals surface area contributed by atoms with E-state index in [1.54, 1.807) is 0 Å². The van der Waals surface area contributed by atoms with Crippen LogP contribution in [0.4, 0.5) is 0 Å². The van der Waals surface area contributed by atoms with Crippen LogP contribution in [0, 0.1) is 5.92 Å². The van der Waals surface area contributed by atoms with Gasteiger partial charge in [-0.05, 0) is 43.0 Å². The summed E-state index contributed by atoms with van der Waals surface area (Å²) in [7, 11) is 0. The Kier molecular flexibility index (Phi) is 4.66. The van der Waals surface area contributed by atoms with Crippen LogP contribution in [0.3, 0.4) is 0 Å². The summed E-state index contributed by atoms with van der Waals surface area (Å²) in [6.45, 7) is 6.61. The molecule has 3 unspecified atom stereocenters. The van der Waals surface area contributed by atoms with Crippen LogP contribution in [0.2, 0.25) is 5.02 Å². The molecule has 1 fully saturated rings. The van der Waals surface area contributed by atoms with Crippen molar-refractivity contribution in [3.63, 3.8) is 0 Å². The third kappa shape index (κ3) is 3.05. The number of halogens is 1. The third-order valence-corrected chi connectivity index (χ3v) is 4.34. The van der Waals surface area contributed by atoms with E-state index in [1.165, 1.54) is 12.0 Å². The fourth-order valence-electron chi connectivity index (χ4n) is 2.83. The number of nitrogens with two attached hydrogens (primary N) is 1. The molecule has 18 heavy (non-hydrogen) atoms. The van der Waals surface area contributed by atoms with Gasteiger partial charge in [-0.1, -0.05) is 37.6 Å². The molecule has 0 radical (unpaired) electrons. The first-order valence-electron chi connectivity index (χ1n) is 6.87. The van der Waals surface area contributed by atoms with E-state index in [4.69, 9.17) is 17.3 Å². The van der Waals surface area contributed by atoms with Crippen molar-refractivity contribution in [3.8, 4) is 0 Å². The second-order valence-electron chi connectivity index (χ2n) is 5.40. The van der Waals surface area contributed by atoms with Gasteiger partial charge in [-0.25, -0.2) is 0 Å². The molecule has 1 aliphatic rings. The zero-order valence-corrected chi connectivity index (χ0v) is 12.0. The van der Waals surface area contributed by atoms with Crippen LogP contribution < -0.4 is 5.73 Å². The Bertz CT molecular complexity index is 394. The molecule has 2 rings (SSSR count). The van der Waals surface area contributed by atoms with E-state index < -0.39 is 0 Å². The Morgan fingerprint density at radius 2 is 2.28 bits per heavy atom. The normalized spacial score (nSPS) is 27.1. The van der Waals surface area contributed by atoms with Gasteiger partial charge >= 0.3 is 0 Å². The molecule has 1 aromatic rings. The van der Waals surface area contributed by atoms with E-state index in [0.717, 1.165) is 24.5 Å². The Morgan fingerprint density at radius 3 is 2.89 bits per heavy atom. The highest BCUT2D eigenvalue weighted by Crippen LogP contribution is 2.29. The minimum atomic E-state index is 0.298. The third-order valence-electron chi connectivity index (χ3n) is 4.11. The van der Waals surface area contributed by atoms with E-state index in [1.807, 2.05) is 12.1 Å². The molecule has 0 aromatic heterocycles. The molecule has 0 amide bonds. The Hall–Kier alpha value is -0.570. The molecule has 2 nitrogen and oxygen atoms in total. The highest BCUT2D eigenvalue weighted by atomic mass is 35.5. The number of hydrogen-bond acceptors (Lipinski definition) is 2.